The standard InChI is InChI=1S/C11H15BrN2/c1-11(2)7-14(8-11)6-9-4-3-5-10(12)13-9/h3-5H,6-8H2,1-2H3. The highest BCUT2D eigenvalue weighted by atomic mass is 79.9. The van der Waals surface area contributed by atoms with Crippen LogP contribution in [0.5, 0.6) is 0 Å². The second-order valence-electron chi connectivity index (χ2n) is 4.76. The van der Waals surface area contributed by atoms with Crippen LogP contribution in [0.4, 0.5) is 0 Å². The minimum Gasteiger partial charge on any atom is -0.296 e. The van der Waals surface area contributed by atoms with E-state index in [1.54, 1.807) is 0 Å². The Kier molecular flexibility index (Phi) is 2.62. The first-order valence-corrected chi connectivity index (χ1v) is 5.68. The predicted octanol–water partition coefficient (Wildman–Crippen LogP) is 2.69. The molecule has 1 saturated heterocycles. The van der Waals surface area contributed by atoms with Crippen LogP contribution in [-0.2, 0) is 6.54 Å². The summed E-state index contributed by atoms with van der Waals surface area (Å²) in [6.45, 7) is 7.95. The maximum Gasteiger partial charge on any atom is 0.106 e. The lowest BCUT2D eigenvalue weighted by Crippen LogP contribution is -2.52. The number of pyridine rings is 1. The number of likely N-dealkylation sites (tertiary alicyclic amines) is 1. The normalized spacial score (nSPS) is 20.5. The summed E-state index contributed by atoms with van der Waals surface area (Å²) in [5.74, 6) is 0. The molecule has 14 heavy (non-hydrogen) atoms. The topological polar surface area (TPSA) is 16.1 Å². The molecule has 1 aliphatic heterocycles. The maximum absolute atomic E-state index is 4.42. The highest BCUT2D eigenvalue weighted by Crippen LogP contribution is 2.29. The summed E-state index contributed by atoms with van der Waals surface area (Å²) in [5.41, 5.74) is 1.65. The van der Waals surface area contributed by atoms with Crippen molar-refractivity contribution >= 4 is 15.9 Å². The molecule has 0 bridgehead atoms. The van der Waals surface area contributed by atoms with Crippen LogP contribution in [0, 0.1) is 5.41 Å². The average molecular weight is 255 g/mol. The Morgan fingerprint density at radius 1 is 1.43 bits per heavy atom. The summed E-state index contributed by atoms with van der Waals surface area (Å²) in [7, 11) is 0. The molecule has 2 rings (SSSR count). The summed E-state index contributed by atoms with van der Waals surface area (Å²) >= 11 is 3.38. The summed E-state index contributed by atoms with van der Waals surface area (Å²) in [4.78, 5) is 6.84. The van der Waals surface area contributed by atoms with Gasteiger partial charge in [0, 0.05) is 19.6 Å². The quantitative estimate of drug-likeness (QED) is 0.755. The zero-order valence-corrected chi connectivity index (χ0v) is 10.2. The molecule has 0 aromatic carbocycles. The number of nitrogens with zero attached hydrogens (tertiary/aromatic N) is 2. The van der Waals surface area contributed by atoms with Crippen LogP contribution in [0.15, 0.2) is 22.8 Å². The minimum absolute atomic E-state index is 0.506. The molecule has 1 aromatic heterocycles. The Morgan fingerprint density at radius 2 is 2.14 bits per heavy atom. The summed E-state index contributed by atoms with van der Waals surface area (Å²) in [6.07, 6.45) is 0. The largest absolute Gasteiger partial charge is 0.296 e. The zero-order chi connectivity index (χ0) is 10.2. The number of hydrogen-bond donors (Lipinski definition) is 0. The molecule has 0 unspecified atom stereocenters. The molecule has 2 nitrogen and oxygen atoms in total. The number of halogens is 1. The SMILES string of the molecule is CC1(C)CN(Cc2cccc(Br)n2)C1. The third-order valence-corrected chi connectivity index (χ3v) is 2.90. The Labute approximate surface area is 93.5 Å². The maximum atomic E-state index is 4.42. The molecule has 3 heteroatoms. The molecule has 0 spiro atoms. The van der Waals surface area contributed by atoms with E-state index in [9.17, 15) is 0 Å². The van der Waals surface area contributed by atoms with E-state index >= 15 is 0 Å². The van der Waals surface area contributed by atoms with Crippen LogP contribution in [-0.4, -0.2) is 23.0 Å². The molecule has 0 aliphatic carbocycles. The van der Waals surface area contributed by atoms with Crippen molar-refractivity contribution in [1.82, 2.24) is 9.88 Å². The van der Waals surface area contributed by atoms with E-state index in [1.165, 1.54) is 13.1 Å². The highest BCUT2D eigenvalue weighted by molar-refractivity contribution is 9.10. The van der Waals surface area contributed by atoms with Gasteiger partial charge in [-0.15, -0.1) is 0 Å². The Hall–Kier alpha value is -0.410. The van der Waals surface area contributed by atoms with Gasteiger partial charge in [0.2, 0.25) is 0 Å². The smallest absolute Gasteiger partial charge is 0.106 e. The van der Waals surface area contributed by atoms with Gasteiger partial charge >= 0.3 is 0 Å². The molecule has 76 valence electrons. The third-order valence-electron chi connectivity index (χ3n) is 2.46. The Balaban J connectivity index is 1.93. The van der Waals surface area contributed by atoms with E-state index in [-0.39, 0.29) is 0 Å². The first-order valence-electron chi connectivity index (χ1n) is 4.89. The van der Waals surface area contributed by atoms with Crippen molar-refractivity contribution in [2.75, 3.05) is 13.1 Å². The Bertz CT molecular complexity index is 328. The molecule has 0 amide bonds. The Morgan fingerprint density at radius 3 is 2.71 bits per heavy atom. The van der Waals surface area contributed by atoms with E-state index in [1.807, 2.05) is 12.1 Å². The van der Waals surface area contributed by atoms with Gasteiger partial charge in [-0.2, -0.15) is 0 Å². The fraction of sp³-hybridized carbons (Fsp3) is 0.545. The summed E-state index contributed by atoms with van der Waals surface area (Å²) < 4.78 is 0.926. The molecular formula is C11H15BrN2. The van der Waals surface area contributed by atoms with Crippen molar-refractivity contribution in [3.05, 3.63) is 28.5 Å². The third kappa shape index (κ3) is 2.34. The van der Waals surface area contributed by atoms with E-state index in [4.69, 9.17) is 0 Å². The predicted molar refractivity (Wildman–Crippen MR) is 61.0 cm³/mol. The molecule has 1 aromatic rings. The van der Waals surface area contributed by atoms with Gasteiger partial charge in [0.25, 0.3) is 0 Å². The molecule has 0 saturated carbocycles. The zero-order valence-electron chi connectivity index (χ0n) is 8.63. The number of rotatable bonds is 2. The van der Waals surface area contributed by atoms with Gasteiger partial charge in [0.1, 0.15) is 4.60 Å². The van der Waals surface area contributed by atoms with Crippen molar-refractivity contribution in [2.45, 2.75) is 20.4 Å². The fourth-order valence-electron chi connectivity index (χ4n) is 2.04. The van der Waals surface area contributed by atoms with Gasteiger partial charge in [0.05, 0.1) is 5.69 Å². The first-order chi connectivity index (χ1) is 6.55. The van der Waals surface area contributed by atoms with Gasteiger partial charge in [-0.1, -0.05) is 19.9 Å². The van der Waals surface area contributed by atoms with Crippen LogP contribution >= 0.6 is 15.9 Å². The molecule has 0 radical (unpaired) electrons. The average Bonchev–Trinajstić information content (AvgIpc) is 2.00. The molecule has 1 aliphatic rings. The summed E-state index contributed by atoms with van der Waals surface area (Å²) in [6, 6.07) is 6.08. The fourth-order valence-corrected chi connectivity index (χ4v) is 2.42. The van der Waals surface area contributed by atoms with E-state index < -0.39 is 0 Å². The van der Waals surface area contributed by atoms with Gasteiger partial charge in [-0.3, -0.25) is 4.90 Å². The van der Waals surface area contributed by atoms with Crippen molar-refractivity contribution in [1.29, 1.82) is 0 Å². The molecule has 2 heterocycles. The second-order valence-corrected chi connectivity index (χ2v) is 5.57. The minimum atomic E-state index is 0.506. The molecule has 0 atom stereocenters. The number of hydrogen-bond acceptors (Lipinski definition) is 2. The lowest BCUT2D eigenvalue weighted by atomic mass is 9.84. The van der Waals surface area contributed by atoms with Crippen LogP contribution in [0.1, 0.15) is 19.5 Å². The molecule has 1 fully saturated rings. The van der Waals surface area contributed by atoms with Gasteiger partial charge < -0.3 is 0 Å². The van der Waals surface area contributed by atoms with Crippen LogP contribution in [0.2, 0.25) is 0 Å². The van der Waals surface area contributed by atoms with Crippen LogP contribution in [0.3, 0.4) is 0 Å². The van der Waals surface area contributed by atoms with Crippen molar-refractivity contribution in [3.63, 3.8) is 0 Å². The lowest BCUT2D eigenvalue weighted by Gasteiger charge is -2.45. The number of aromatic nitrogens is 1. The van der Waals surface area contributed by atoms with E-state index in [2.05, 4.69) is 45.7 Å². The molecule has 0 N–H and O–H groups in total. The van der Waals surface area contributed by atoms with Crippen molar-refractivity contribution in [3.8, 4) is 0 Å². The van der Waals surface area contributed by atoms with Crippen LogP contribution < -0.4 is 0 Å². The summed E-state index contributed by atoms with van der Waals surface area (Å²) in [5, 5.41) is 0. The first kappa shape index (κ1) is 10.1. The van der Waals surface area contributed by atoms with Gasteiger partial charge in [-0.05, 0) is 33.5 Å². The van der Waals surface area contributed by atoms with E-state index in [0.717, 1.165) is 16.8 Å². The monoisotopic (exact) mass is 254 g/mol. The van der Waals surface area contributed by atoms with Crippen molar-refractivity contribution < 1.29 is 0 Å². The van der Waals surface area contributed by atoms with Crippen molar-refractivity contribution in [2.24, 2.45) is 5.41 Å². The van der Waals surface area contributed by atoms with E-state index in [0.29, 0.717) is 5.41 Å². The highest BCUT2D eigenvalue weighted by Gasteiger charge is 2.33. The lowest BCUT2D eigenvalue weighted by molar-refractivity contribution is 0.0232. The van der Waals surface area contributed by atoms with Gasteiger partial charge in [0.15, 0.2) is 0 Å². The van der Waals surface area contributed by atoms with Gasteiger partial charge in [-0.25, -0.2) is 4.98 Å². The second kappa shape index (κ2) is 3.63. The molecular weight excluding hydrogens is 240 g/mol. The van der Waals surface area contributed by atoms with Crippen LogP contribution in [0.25, 0.3) is 0 Å².